The van der Waals surface area contributed by atoms with Crippen molar-refractivity contribution < 1.29 is 9.53 Å². The van der Waals surface area contributed by atoms with E-state index < -0.39 is 5.60 Å². The Kier molecular flexibility index (Phi) is 4.65. The predicted octanol–water partition coefficient (Wildman–Crippen LogP) is 2.71. The maximum absolute atomic E-state index is 12.0. The largest absolute Gasteiger partial charge is 0.444 e. The van der Waals surface area contributed by atoms with E-state index >= 15 is 0 Å². The third-order valence-electron chi connectivity index (χ3n) is 4.02. The van der Waals surface area contributed by atoms with E-state index in [4.69, 9.17) is 10.5 Å². The molecule has 1 aliphatic heterocycles. The zero-order valence-corrected chi connectivity index (χ0v) is 15.0. The lowest BCUT2D eigenvalue weighted by Crippen LogP contribution is -2.49. The maximum atomic E-state index is 12.0. The Labute approximate surface area is 147 Å². The highest BCUT2D eigenvalue weighted by atomic mass is 16.6. The van der Waals surface area contributed by atoms with Gasteiger partial charge in [0.25, 0.3) is 0 Å². The zero-order chi connectivity index (χ0) is 18.0. The van der Waals surface area contributed by atoms with E-state index in [1.54, 1.807) is 6.20 Å². The molecule has 2 aromatic rings. The van der Waals surface area contributed by atoms with Gasteiger partial charge in [-0.25, -0.2) is 9.78 Å². The van der Waals surface area contributed by atoms with Gasteiger partial charge in [0.05, 0.1) is 17.2 Å². The lowest BCUT2D eigenvalue weighted by Gasteiger charge is -2.34. The number of alkyl carbamates (subject to hydrolysis) is 1. The average molecular weight is 343 g/mol. The second-order valence-electron chi connectivity index (χ2n) is 7.41. The predicted molar refractivity (Wildman–Crippen MR) is 98.6 cm³/mol. The summed E-state index contributed by atoms with van der Waals surface area (Å²) in [6.07, 6.45) is 3.28. The second-order valence-corrected chi connectivity index (χ2v) is 7.41. The van der Waals surface area contributed by atoms with Gasteiger partial charge < -0.3 is 20.7 Å². The van der Waals surface area contributed by atoms with Crippen molar-refractivity contribution in [1.82, 2.24) is 15.3 Å². The molecule has 25 heavy (non-hydrogen) atoms. The van der Waals surface area contributed by atoms with E-state index in [1.165, 1.54) is 0 Å². The Bertz CT molecular complexity index is 772. The van der Waals surface area contributed by atoms with Gasteiger partial charge in [-0.2, -0.15) is 0 Å². The Hall–Kier alpha value is -2.57. The Morgan fingerprint density at radius 2 is 2.16 bits per heavy atom. The number of aromatic nitrogens is 2. The number of rotatable bonds is 2. The number of carbonyl (C=O) groups excluding carboxylic acids is 1. The number of nitrogens with one attached hydrogen (secondary N) is 1. The van der Waals surface area contributed by atoms with Crippen molar-refractivity contribution in [3.05, 3.63) is 24.4 Å². The molecule has 7 nitrogen and oxygen atoms in total. The summed E-state index contributed by atoms with van der Waals surface area (Å²) < 4.78 is 5.34. The summed E-state index contributed by atoms with van der Waals surface area (Å²) in [6, 6.07) is 5.55. The van der Waals surface area contributed by atoms with E-state index in [-0.39, 0.29) is 12.1 Å². The first-order valence-electron chi connectivity index (χ1n) is 8.57. The van der Waals surface area contributed by atoms with Crippen LogP contribution < -0.4 is 16.0 Å². The Morgan fingerprint density at radius 3 is 2.92 bits per heavy atom. The zero-order valence-electron chi connectivity index (χ0n) is 15.0. The second kappa shape index (κ2) is 6.74. The van der Waals surface area contributed by atoms with Crippen LogP contribution in [-0.4, -0.2) is 40.8 Å². The third-order valence-corrected chi connectivity index (χ3v) is 4.02. The number of amides is 1. The number of hydrogen-bond acceptors (Lipinski definition) is 6. The van der Waals surface area contributed by atoms with E-state index in [2.05, 4.69) is 20.2 Å². The normalized spacial score (nSPS) is 18.2. The van der Waals surface area contributed by atoms with Crippen molar-refractivity contribution in [3.8, 4) is 0 Å². The number of ether oxygens (including phenoxy) is 1. The molecule has 0 aliphatic carbocycles. The van der Waals surface area contributed by atoms with E-state index in [0.29, 0.717) is 12.2 Å². The topological polar surface area (TPSA) is 93.4 Å². The maximum Gasteiger partial charge on any atom is 0.407 e. The summed E-state index contributed by atoms with van der Waals surface area (Å²) >= 11 is 0. The SMILES string of the molecule is CC(C)(C)OC(=O)NC1CCCN(c2cnc3cc(N)ccc3n2)C1. The van der Waals surface area contributed by atoms with Crippen LogP contribution in [0.2, 0.25) is 0 Å². The summed E-state index contributed by atoms with van der Waals surface area (Å²) in [5.41, 5.74) is 7.56. The minimum atomic E-state index is -0.496. The molecular weight excluding hydrogens is 318 g/mol. The molecule has 0 radical (unpaired) electrons. The minimum absolute atomic E-state index is 0.0347. The van der Waals surface area contributed by atoms with Gasteiger partial charge in [-0.1, -0.05) is 0 Å². The molecule has 1 aliphatic rings. The van der Waals surface area contributed by atoms with Crippen LogP contribution in [0.5, 0.6) is 0 Å². The lowest BCUT2D eigenvalue weighted by molar-refractivity contribution is 0.0500. The molecule has 1 saturated heterocycles. The summed E-state index contributed by atoms with van der Waals surface area (Å²) in [7, 11) is 0. The van der Waals surface area contributed by atoms with Gasteiger partial charge in [0.2, 0.25) is 0 Å². The molecular formula is C18H25N5O2. The summed E-state index contributed by atoms with van der Waals surface area (Å²) in [4.78, 5) is 23.3. The van der Waals surface area contributed by atoms with Crippen LogP contribution in [0.1, 0.15) is 33.6 Å². The van der Waals surface area contributed by atoms with Gasteiger partial charge in [-0.15, -0.1) is 0 Å². The number of piperidine rings is 1. The highest BCUT2D eigenvalue weighted by molar-refractivity contribution is 5.79. The van der Waals surface area contributed by atoms with Crippen LogP contribution in [-0.2, 0) is 4.74 Å². The molecule has 1 atom stereocenters. The molecule has 1 fully saturated rings. The molecule has 1 aromatic heterocycles. The quantitative estimate of drug-likeness (QED) is 0.814. The molecule has 0 saturated carbocycles. The monoisotopic (exact) mass is 343 g/mol. The molecule has 0 bridgehead atoms. The number of nitrogen functional groups attached to an aromatic ring is 1. The van der Waals surface area contributed by atoms with Gasteiger partial charge in [0, 0.05) is 24.8 Å². The first-order valence-corrected chi connectivity index (χ1v) is 8.57. The van der Waals surface area contributed by atoms with Gasteiger partial charge in [0.1, 0.15) is 11.4 Å². The van der Waals surface area contributed by atoms with Crippen molar-refractivity contribution >= 4 is 28.6 Å². The fourth-order valence-electron chi connectivity index (χ4n) is 2.95. The number of carbonyl (C=O) groups is 1. The standard InChI is InChI=1S/C18H25N5O2/c1-18(2,3)25-17(24)21-13-5-4-8-23(11-13)16-10-20-15-9-12(19)6-7-14(15)22-16/h6-7,9-10,13H,4-5,8,11,19H2,1-3H3,(H,21,24). The number of fused-ring (bicyclic) bond motifs is 1. The molecule has 134 valence electrons. The van der Waals surface area contributed by atoms with E-state index in [0.717, 1.165) is 36.2 Å². The third kappa shape index (κ3) is 4.49. The molecule has 0 spiro atoms. The van der Waals surface area contributed by atoms with Crippen LogP contribution in [0, 0.1) is 0 Å². The molecule has 1 unspecified atom stereocenters. The van der Waals surface area contributed by atoms with Gasteiger partial charge in [-0.05, 0) is 51.8 Å². The molecule has 7 heteroatoms. The van der Waals surface area contributed by atoms with Gasteiger partial charge in [-0.3, -0.25) is 4.98 Å². The fourth-order valence-corrected chi connectivity index (χ4v) is 2.95. The van der Waals surface area contributed by atoms with E-state index in [1.807, 2.05) is 39.0 Å². The van der Waals surface area contributed by atoms with Crippen LogP contribution in [0.3, 0.4) is 0 Å². The smallest absolute Gasteiger partial charge is 0.407 e. The number of anilines is 2. The van der Waals surface area contributed by atoms with Crippen molar-refractivity contribution in [1.29, 1.82) is 0 Å². The fraction of sp³-hybridized carbons (Fsp3) is 0.500. The van der Waals surface area contributed by atoms with Gasteiger partial charge >= 0.3 is 6.09 Å². The lowest BCUT2D eigenvalue weighted by atomic mass is 10.1. The van der Waals surface area contributed by atoms with E-state index in [9.17, 15) is 4.79 Å². The number of hydrogen-bond donors (Lipinski definition) is 2. The molecule has 3 rings (SSSR count). The number of benzene rings is 1. The van der Waals surface area contributed by atoms with Gasteiger partial charge in [0.15, 0.2) is 0 Å². The summed E-state index contributed by atoms with van der Waals surface area (Å²) in [6.45, 7) is 7.15. The van der Waals surface area contributed by atoms with Crippen LogP contribution in [0.4, 0.5) is 16.3 Å². The number of nitrogens with zero attached hydrogens (tertiary/aromatic N) is 3. The molecule has 1 aromatic carbocycles. The molecule has 2 heterocycles. The van der Waals surface area contributed by atoms with Crippen LogP contribution >= 0.6 is 0 Å². The summed E-state index contributed by atoms with van der Waals surface area (Å²) in [5, 5.41) is 2.95. The average Bonchev–Trinajstić information content (AvgIpc) is 2.52. The highest BCUT2D eigenvalue weighted by Crippen LogP contribution is 2.21. The first kappa shape index (κ1) is 17.3. The molecule has 1 amide bonds. The van der Waals surface area contributed by atoms with Crippen molar-refractivity contribution in [2.45, 2.75) is 45.3 Å². The summed E-state index contributed by atoms with van der Waals surface area (Å²) in [5.74, 6) is 0.813. The number of nitrogens with two attached hydrogens (primary N) is 1. The Morgan fingerprint density at radius 1 is 1.36 bits per heavy atom. The van der Waals surface area contributed by atoms with Crippen molar-refractivity contribution in [2.75, 3.05) is 23.7 Å². The van der Waals surface area contributed by atoms with Crippen LogP contribution in [0.25, 0.3) is 11.0 Å². The molecule has 3 N–H and O–H groups in total. The Balaban J connectivity index is 1.69. The highest BCUT2D eigenvalue weighted by Gasteiger charge is 2.25. The van der Waals surface area contributed by atoms with Crippen LogP contribution in [0.15, 0.2) is 24.4 Å². The first-order chi connectivity index (χ1) is 11.8. The van der Waals surface area contributed by atoms with Crippen molar-refractivity contribution in [2.24, 2.45) is 0 Å². The van der Waals surface area contributed by atoms with Crippen molar-refractivity contribution in [3.63, 3.8) is 0 Å². The minimum Gasteiger partial charge on any atom is -0.444 e.